The number of rotatable bonds is 4. The van der Waals surface area contributed by atoms with E-state index >= 15 is 0 Å². The first-order valence-electron chi connectivity index (χ1n) is 10.5. The molecule has 30 heavy (non-hydrogen) atoms. The highest BCUT2D eigenvalue weighted by Gasteiger charge is 2.36. The summed E-state index contributed by atoms with van der Waals surface area (Å²) in [6.07, 6.45) is 0.811. The largest absolute Gasteiger partial charge is 0.496 e. The predicted octanol–water partition coefficient (Wildman–Crippen LogP) is 3.94. The lowest BCUT2D eigenvalue weighted by Crippen LogP contribution is -2.47. The molecule has 2 aliphatic heterocycles. The van der Waals surface area contributed by atoms with Gasteiger partial charge in [-0.2, -0.15) is 0 Å². The van der Waals surface area contributed by atoms with E-state index in [0.29, 0.717) is 0 Å². The van der Waals surface area contributed by atoms with E-state index in [1.54, 1.807) is 7.11 Å². The summed E-state index contributed by atoms with van der Waals surface area (Å²) in [6.45, 7) is 7.47. The van der Waals surface area contributed by atoms with E-state index in [0.717, 1.165) is 55.2 Å². The Kier molecular flexibility index (Phi) is 6.21. The summed E-state index contributed by atoms with van der Waals surface area (Å²) in [7, 11) is 1.69. The predicted molar refractivity (Wildman–Crippen MR) is 120 cm³/mol. The fourth-order valence-corrected chi connectivity index (χ4v) is 4.86. The molecule has 2 aromatic rings. The number of anilines is 1. The molecule has 1 saturated heterocycles. The number of methoxy groups -OCH3 is 1. The van der Waals surface area contributed by atoms with E-state index in [9.17, 15) is 4.79 Å². The summed E-state index contributed by atoms with van der Waals surface area (Å²) >= 11 is 6.01. The molecule has 6 heteroatoms. The number of fused-ring (bicyclic) bond motifs is 1. The van der Waals surface area contributed by atoms with Crippen LogP contribution in [-0.2, 0) is 16.0 Å². The quantitative estimate of drug-likeness (QED) is 0.692. The van der Waals surface area contributed by atoms with Crippen LogP contribution in [0.2, 0.25) is 0 Å². The number of benzene rings is 2. The first-order valence-corrected chi connectivity index (χ1v) is 11.0. The molecule has 0 aliphatic carbocycles. The van der Waals surface area contributed by atoms with Crippen LogP contribution in [0.3, 0.4) is 0 Å². The van der Waals surface area contributed by atoms with Crippen molar-refractivity contribution in [1.29, 1.82) is 0 Å². The molecule has 2 aromatic carbocycles. The molecule has 2 aliphatic rings. The van der Waals surface area contributed by atoms with Gasteiger partial charge in [0.25, 0.3) is 0 Å². The number of halogens is 1. The van der Waals surface area contributed by atoms with Gasteiger partial charge in [-0.25, -0.2) is 0 Å². The number of hydrogen-bond acceptors (Lipinski definition) is 4. The lowest BCUT2D eigenvalue weighted by Gasteiger charge is -2.42. The molecule has 0 aromatic heterocycles. The molecular weight excluding hydrogens is 400 g/mol. The van der Waals surface area contributed by atoms with Crippen molar-refractivity contribution in [3.63, 3.8) is 0 Å². The van der Waals surface area contributed by atoms with Crippen LogP contribution in [0.1, 0.15) is 35.2 Å². The highest BCUT2D eigenvalue weighted by Crippen LogP contribution is 2.41. The van der Waals surface area contributed by atoms with Crippen molar-refractivity contribution in [2.24, 2.45) is 0 Å². The SMILES string of the molecule is COc1cc2c(cc1C)C[C@H](C)N(C(=O)CCl)[C@@H]2c1ccc(N2CCOCC2)cc1. The maximum Gasteiger partial charge on any atom is 0.238 e. The van der Waals surface area contributed by atoms with Crippen LogP contribution in [0.15, 0.2) is 36.4 Å². The zero-order valence-corrected chi connectivity index (χ0v) is 18.6. The standard InChI is InChI=1S/C24H29ClN2O3/c1-16-12-19-13-17(2)27(23(28)15-25)24(21(19)14-22(16)29-3)18-4-6-20(7-5-18)26-8-10-30-11-9-26/h4-7,12,14,17,24H,8-11,13,15H2,1-3H3/t17-,24+/m0/s1. The van der Waals surface area contributed by atoms with Crippen molar-refractivity contribution in [1.82, 2.24) is 4.90 Å². The van der Waals surface area contributed by atoms with Gasteiger partial charge in [0, 0.05) is 24.8 Å². The molecule has 0 radical (unpaired) electrons. The molecule has 1 fully saturated rings. The molecule has 5 nitrogen and oxygen atoms in total. The van der Waals surface area contributed by atoms with E-state index in [4.69, 9.17) is 21.1 Å². The minimum Gasteiger partial charge on any atom is -0.496 e. The van der Waals surface area contributed by atoms with Crippen molar-refractivity contribution in [2.45, 2.75) is 32.4 Å². The van der Waals surface area contributed by atoms with Gasteiger partial charge in [-0.3, -0.25) is 4.79 Å². The Labute approximate surface area is 183 Å². The molecular formula is C24H29ClN2O3. The number of alkyl halides is 1. The third-order valence-electron chi connectivity index (χ3n) is 6.21. The van der Waals surface area contributed by atoms with Gasteiger partial charge in [0.05, 0.1) is 26.4 Å². The van der Waals surface area contributed by atoms with E-state index in [1.807, 2.05) is 4.90 Å². The van der Waals surface area contributed by atoms with E-state index in [2.05, 4.69) is 55.1 Å². The highest BCUT2D eigenvalue weighted by molar-refractivity contribution is 6.27. The number of amides is 1. The third kappa shape index (κ3) is 3.88. The van der Waals surface area contributed by atoms with Gasteiger partial charge in [-0.15, -0.1) is 11.6 Å². The van der Waals surface area contributed by atoms with Crippen LogP contribution in [0.4, 0.5) is 5.69 Å². The van der Waals surface area contributed by atoms with E-state index < -0.39 is 0 Å². The second-order valence-corrected chi connectivity index (χ2v) is 8.37. The van der Waals surface area contributed by atoms with Crippen LogP contribution >= 0.6 is 11.6 Å². The zero-order valence-electron chi connectivity index (χ0n) is 17.9. The van der Waals surface area contributed by atoms with Crippen molar-refractivity contribution in [2.75, 3.05) is 44.2 Å². The topological polar surface area (TPSA) is 42.0 Å². The van der Waals surface area contributed by atoms with Crippen LogP contribution in [0, 0.1) is 6.92 Å². The monoisotopic (exact) mass is 428 g/mol. The summed E-state index contributed by atoms with van der Waals surface area (Å²) in [5.74, 6) is 0.776. The van der Waals surface area contributed by atoms with Crippen LogP contribution in [0.25, 0.3) is 0 Å². The fourth-order valence-electron chi connectivity index (χ4n) is 4.72. The number of aryl methyl sites for hydroxylation is 1. The van der Waals surface area contributed by atoms with Crippen molar-refractivity contribution in [3.05, 3.63) is 58.7 Å². The van der Waals surface area contributed by atoms with Gasteiger partial charge in [0.2, 0.25) is 5.91 Å². The Balaban J connectivity index is 1.77. The summed E-state index contributed by atoms with van der Waals surface area (Å²) in [5.41, 5.74) is 5.77. The number of carbonyl (C=O) groups is 1. The molecule has 0 saturated carbocycles. The molecule has 2 heterocycles. The second kappa shape index (κ2) is 8.86. The summed E-state index contributed by atoms with van der Waals surface area (Å²) in [5, 5.41) is 0. The average Bonchev–Trinajstić information content (AvgIpc) is 2.78. The first kappa shape index (κ1) is 21.0. The maximum absolute atomic E-state index is 12.8. The number of ether oxygens (including phenoxy) is 2. The number of hydrogen-bond donors (Lipinski definition) is 0. The molecule has 160 valence electrons. The molecule has 2 atom stereocenters. The van der Waals surface area contributed by atoms with Gasteiger partial charge in [0.1, 0.15) is 11.6 Å². The van der Waals surface area contributed by atoms with Crippen molar-refractivity contribution >= 4 is 23.2 Å². The van der Waals surface area contributed by atoms with E-state index in [1.165, 1.54) is 11.3 Å². The number of carbonyl (C=O) groups excluding carboxylic acids is 1. The van der Waals surface area contributed by atoms with Gasteiger partial charge in [-0.1, -0.05) is 18.2 Å². The molecule has 0 spiro atoms. The second-order valence-electron chi connectivity index (χ2n) is 8.10. The molecule has 1 amide bonds. The minimum absolute atomic E-state index is 0.0228. The van der Waals surface area contributed by atoms with Crippen molar-refractivity contribution in [3.8, 4) is 5.75 Å². The lowest BCUT2D eigenvalue weighted by molar-refractivity contribution is -0.132. The maximum atomic E-state index is 12.8. The summed E-state index contributed by atoms with van der Waals surface area (Å²) < 4.78 is 11.1. The molecule has 0 unspecified atom stereocenters. The highest BCUT2D eigenvalue weighted by atomic mass is 35.5. The average molecular weight is 429 g/mol. The summed E-state index contributed by atoms with van der Waals surface area (Å²) in [4.78, 5) is 17.1. The lowest BCUT2D eigenvalue weighted by atomic mass is 9.84. The molecule has 4 rings (SSSR count). The Hall–Kier alpha value is -2.24. The summed E-state index contributed by atoms with van der Waals surface area (Å²) in [6, 6.07) is 12.7. The third-order valence-corrected chi connectivity index (χ3v) is 6.44. The Morgan fingerprint density at radius 2 is 1.90 bits per heavy atom. The van der Waals surface area contributed by atoms with Gasteiger partial charge in [0.15, 0.2) is 0 Å². The zero-order chi connectivity index (χ0) is 21.3. The van der Waals surface area contributed by atoms with E-state index in [-0.39, 0.29) is 23.9 Å². The van der Waals surface area contributed by atoms with Crippen LogP contribution < -0.4 is 9.64 Å². The minimum atomic E-state index is -0.178. The first-order chi connectivity index (χ1) is 14.5. The Morgan fingerprint density at radius 3 is 2.53 bits per heavy atom. The van der Waals surface area contributed by atoms with Crippen molar-refractivity contribution < 1.29 is 14.3 Å². The molecule has 0 N–H and O–H groups in total. The number of nitrogens with zero attached hydrogens (tertiary/aromatic N) is 2. The van der Waals surface area contributed by atoms with Gasteiger partial charge < -0.3 is 19.3 Å². The smallest absolute Gasteiger partial charge is 0.238 e. The Morgan fingerprint density at radius 1 is 1.20 bits per heavy atom. The molecule has 0 bridgehead atoms. The fraction of sp³-hybridized carbons (Fsp3) is 0.458. The number of morpholine rings is 1. The normalized spacial score (nSPS) is 21.3. The van der Waals surface area contributed by atoms with Gasteiger partial charge >= 0.3 is 0 Å². The van der Waals surface area contributed by atoms with Crippen LogP contribution in [-0.4, -0.2) is 56.1 Å². The van der Waals surface area contributed by atoms with Crippen LogP contribution in [0.5, 0.6) is 5.75 Å². The van der Waals surface area contributed by atoms with Gasteiger partial charge in [-0.05, 0) is 60.7 Å². The Bertz CT molecular complexity index is 909.